The van der Waals surface area contributed by atoms with Gasteiger partial charge in [-0.2, -0.15) is 0 Å². The molecule has 1 aromatic carbocycles. The summed E-state index contributed by atoms with van der Waals surface area (Å²) in [7, 11) is 0. The van der Waals surface area contributed by atoms with Gasteiger partial charge in [-0.15, -0.1) is 0 Å². The van der Waals surface area contributed by atoms with E-state index in [-0.39, 0.29) is 0 Å². The van der Waals surface area contributed by atoms with E-state index in [1.165, 1.54) is 32.1 Å². The number of ether oxygens (including phenoxy) is 2. The van der Waals surface area contributed by atoms with Gasteiger partial charge >= 0.3 is 0 Å². The van der Waals surface area contributed by atoms with Crippen LogP contribution in [0.25, 0.3) is 0 Å². The molecule has 134 valence electrons. The summed E-state index contributed by atoms with van der Waals surface area (Å²) in [5, 5.41) is 3.54. The fourth-order valence-corrected chi connectivity index (χ4v) is 3.09. The molecule has 1 aliphatic carbocycles. The number of anilines is 2. The lowest BCUT2D eigenvalue weighted by molar-refractivity contribution is 0.0875. The van der Waals surface area contributed by atoms with Gasteiger partial charge in [0.15, 0.2) is 0 Å². The first kappa shape index (κ1) is 17.5. The molecule has 1 saturated carbocycles. The Bertz CT molecular complexity index is 643. The molecule has 5 heteroatoms. The minimum Gasteiger partial charge on any atom is -0.475 e. The van der Waals surface area contributed by atoms with Crippen LogP contribution in [-0.4, -0.2) is 24.2 Å². The van der Waals surface area contributed by atoms with Gasteiger partial charge in [0.05, 0.1) is 30.8 Å². The third-order valence-electron chi connectivity index (χ3n) is 4.46. The quantitative estimate of drug-likeness (QED) is 0.710. The van der Waals surface area contributed by atoms with E-state index in [1.54, 1.807) is 6.20 Å². The number of rotatable bonds is 8. The van der Waals surface area contributed by atoms with Gasteiger partial charge in [0.25, 0.3) is 0 Å². The van der Waals surface area contributed by atoms with Crippen molar-refractivity contribution < 1.29 is 9.47 Å². The lowest BCUT2D eigenvalue weighted by Crippen LogP contribution is -2.23. The fraction of sp³-hybridized carbons (Fsp3) is 0.450. The molecule has 1 aliphatic rings. The van der Waals surface area contributed by atoms with Crippen LogP contribution in [-0.2, 0) is 11.3 Å². The molecule has 3 rings (SSSR count). The van der Waals surface area contributed by atoms with Gasteiger partial charge < -0.3 is 20.5 Å². The first-order valence-corrected chi connectivity index (χ1v) is 9.08. The molecule has 0 atom stereocenters. The van der Waals surface area contributed by atoms with E-state index in [2.05, 4.69) is 10.3 Å². The maximum atomic E-state index is 6.04. The average Bonchev–Trinajstić information content (AvgIpc) is 2.66. The van der Waals surface area contributed by atoms with Crippen molar-refractivity contribution in [2.45, 2.75) is 44.8 Å². The number of nitrogen functional groups attached to an aromatic ring is 1. The molecule has 5 nitrogen and oxygen atoms in total. The third-order valence-corrected chi connectivity index (χ3v) is 4.46. The fourth-order valence-electron chi connectivity index (χ4n) is 3.09. The second-order valence-corrected chi connectivity index (χ2v) is 6.48. The van der Waals surface area contributed by atoms with Crippen LogP contribution in [0.1, 0.15) is 37.7 Å². The minimum atomic E-state index is 0.465. The highest BCUT2D eigenvalue weighted by Gasteiger charge is 2.14. The number of pyridine rings is 1. The number of hydrogen-bond acceptors (Lipinski definition) is 5. The Labute approximate surface area is 149 Å². The maximum Gasteiger partial charge on any atom is 0.215 e. The van der Waals surface area contributed by atoms with Gasteiger partial charge in [-0.25, -0.2) is 4.98 Å². The molecule has 0 spiro atoms. The summed E-state index contributed by atoms with van der Waals surface area (Å²) < 4.78 is 11.3. The normalized spacial score (nSPS) is 15.0. The minimum absolute atomic E-state index is 0.465. The molecule has 25 heavy (non-hydrogen) atoms. The van der Waals surface area contributed by atoms with Crippen molar-refractivity contribution >= 4 is 11.4 Å². The molecule has 1 fully saturated rings. The molecule has 1 aromatic heterocycles. The SMILES string of the molecule is Nc1cnc(OCCOCc2ccccc2)cc1NC1CCCCC1. The van der Waals surface area contributed by atoms with Crippen molar-refractivity contribution in [2.75, 3.05) is 24.3 Å². The summed E-state index contributed by atoms with van der Waals surface area (Å²) in [5.74, 6) is 0.579. The van der Waals surface area contributed by atoms with Crippen molar-refractivity contribution in [3.8, 4) is 5.88 Å². The number of benzene rings is 1. The van der Waals surface area contributed by atoms with Gasteiger partial charge in [-0.05, 0) is 18.4 Å². The number of nitrogens with two attached hydrogens (primary N) is 1. The highest BCUT2D eigenvalue weighted by atomic mass is 16.5. The van der Waals surface area contributed by atoms with Crippen molar-refractivity contribution in [1.82, 2.24) is 4.98 Å². The number of hydrogen-bond donors (Lipinski definition) is 2. The van der Waals surface area contributed by atoms with Crippen molar-refractivity contribution in [3.63, 3.8) is 0 Å². The van der Waals surface area contributed by atoms with Crippen molar-refractivity contribution in [2.24, 2.45) is 0 Å². The molecule has 2 aromatic rings. The summed E-state index contributed by atoms with van der Waals surface area (Å²) in [4.78, 5) is 4.25. The van der Waals surface area contributed by atoms with E-state index in [0.29, 0.717) is 37.4 Å². The van der Waals surface area contributed by atoms with E-state index in [0.717, 1.165) is 11.3 Å². The Balaban J connectivity index is 1.43. The summed E-state index contributed by atoms with van der Waals surface area (Å²) >= 11 is 0. The van der Waals surface area contributed by atoms with E-state index >= 15 is 0 Å². The van der Waals surface area contributed by atoms with E-state index < -0.39 is 0 Å². The monoisotopic (exact) mass is 341 g/mol. The Morgan fingerprint density at radius 1 is 1.08 bits per heavy atom. The Kier molecular flexibility index (Phi) is 6.51. The Morgan fingerprint density at radius 2 is 1.88 bits per heavy atom. The largest absolute Gasteiger partial charge is 0.475 e. The van der Waals surface area contributed by atoms with Gasteiger partial charge in [-0.1, -0.05) is 49.6 Å². The molecular formula is C20H27N3O2. The zero-order valence-corrected chi connectivity index (χ0v) is 14.6. The summed E-state index contributed by atoms with van der Waals surface area (Å²) in [6.45, 7) is 1.58. The number of aromatic nitrogens is 1. The van der Waals surface area contributed by atoms with Crippen molar-refractivity contribution in [1.29, 1.82) is 0 Å². The molecule has 0 aliphatic heterocycles. The highest BCUT2D eigenvalue weighted by Crippen LogP contribution is 2.27. The summed E-state index contributed by atoms with van der Waals surface area (Å²) in [5.41, 5.74) is 8.79. The first-order chi connectivity index (χ1) is 12.3. The molecule has 1 heterocycles. The standard InChI is InChI=1S/C20H27N3O2/c21-18-14-22-20(13-19(18)23-17-9-5-2-6-10-17)25-12-11-24-15-16-7-3-1-4-8-16/h1,3-4,7-8,13-14,17H,2,5-6,9-12,15,21H2,(H,22,23). The molecular weight excluding hydrogens is 314 g/mol. The van der Waals surface area contributed by atoms with Gasteiger partial charge in [0.2, 0.25) is 5.88 Å². The molecule has 0 radical (unpaired) electrons. The Morgan fingerprint density at radius 3 is 2.68 bits per heavy atom. The van der Waals surface area contributed by atoms with Gasteiger partial charge in [0.1, 0.15) is 6.61 Å². The van der Waals surface area contributed by atoms with E-state index in [4.69, 9.17) is 15.2 Å². The molecule has 0 amide bonds. The van der Waals surface area contributed by atoms with Crippen LogP contribution in [0.15, 0.2) is 42.6 Å². The topological polar surface area (TPSA) is 69.4 Å². The molecule has 3 N–H and O–H groups in total. The van der Waals surface area contributed by atoms with Gasteiger partial charge in [0, 0.05) is 12.1 Å². The number of nitrogens with one attached hydrogen (secondary N) is 1. The maximum absolute atomic E-state index is 6.04. The van der Waals surface area contributed by atoms with E-state index in [9.17, 15) is 0 Å². The second-order valence-electron chi connectivity index (χ2n) is 6.48. The van der Waals surface area contributed by atoms with Gasteiger partial charge in [-0.3, -0.25) is 0 Å². The van der Waals surface area contributed by atoms with Crippen LogP contribution in [0.5, 0.6) is 5.88 Å². The average molecular weight is 341 g/mol. The van der Waals surface area contributed by atoms with Crippen molar-refractivity contribution in [3.05, 3.63) is 48.2 Å². The predicted molar refractivity (Wildman–Crippen MR) is 101 cm³/mol. The zero-order chi connectivity index (χ0) is 17.3. The second kappa shape index (κ2) is 9.28. The smallest absolute Gasteiger partial charge is 0.215 e. The van der Waals surface area contributed by atoms with Crippen LogP contribution in [0.3, 0.4) is 0 Å². The van der Waals surface area contributed by atoms with Crippen LogP contribution in [0.2, 0.25) is 0 Å². The highest BCUT2D eigenvalue weighted by molar-refractivity contribution is 5.66. The molecule has 0 unspecified atom stereocenters. The van der Waals surface area contributed by atoms with E-state index in [1.807, 2.05) is 36.4 Å². The zero-order valence-electron chi connectivity index (χ0n) is 14.6. The third kappa shape index (κ3) is 5.64. The number of nitrogens with zero attached hydrogens (tertiary/aromatic N) is 1. The molecule has 0 bridgehead atoms. The molecule has 0 saturated heterocycles. The Hall–Kier alpha value is -2.27. The summed E-state index contributed by atoms with van der Waals surface area (Å²) in [6, 6.07) is 12.5. The summed E-state index contributed by atoms with van der Waals surface area (Å²) in [6.07, 6.45) is 7.96. The lowest BCUT2D eigenvalue weighted by atomic mass is 9.95. The van der Waals surface area contributed by atoms with Crippen LogP contribution in [0, 0.1) is 0 Å². The van der Waals surface area contributed by atoms with Crippen LogP contribution >= 0.6 is 0 Å². The predicted octanol–water partition coefficient (Wildman–Crippen LogP) is 4.00. The lowest BCUT2D eigenvalue weighted by Gasteiger charge is -2.24. The van der Waals surface area contributed by atoms with Crippen LogP contribution < -0.4 is 15.8 Å². The van der Waals surface area contributed by atoms with Crippen LogP contribution in [0.4, 0.5) is 11.4 Å². The first-order valence-electron chi connectivity index (χ1n) is 9.08.